The Morgan fingerprint density at radius 3 is 1.03 bits per heavy atom. The third-order valence-corrected chi connectivity index (χ3v) is 7.31. The lowest BCUT2D eigenvalue weighted by Gasteiger charge is -2.25. The molecule has 4 rings (SSSR count). The van der Waals surface area contributed by atoms with Crippen molar-refractivity contribution >= 4 is 0 Å². The fraction of sp³-hybridized carbons (Fsp3) is 0.818. The molecule has 1 aromatic rings. The molecule has 2 unspecified atom stereocenters. The van der Waals surface area contributed by atoms with Gasteiger partial charge in [0, 0.05) is 0 Å². The highest BCUT2D eigenvalue weighted by Crippen LogP contribution is 2.20. The predicted molar refractivity (Wildman–Crippen MR) is 164 cm³/mol. The summed E-state index contributed by atoms with van der Waals surface area (Å²) in [6.07, 6.45) is 6.97. The number of rotatable bonds is 3. The molecule has 36 heavy (non-hydrogen) atoms. The minimum Gasteiger partial charge on any atom is -0.317 e. The molecule has 0 bridgehead atoms. The van der Waals surface area contributed by atoms with Gasteiger partial charge in [-0.05, 0) is 113 Å². The van der Waals surface area contributed by atoms with Crippen LogP contribution in [-0.2, 0) is 0 Å². The van der Waals surface area contributed by atoms with E-state index in [-0.39, 0.29) is 0 Å². The molecule has 0 aromatic heterocycles. The topological polar surface area (TPSA) is 36.1 Å². The molecule has 3 saturated heterocycles. The molecule has 3 heteroatoms. The van der Waals surface area contributed by atoms with Crippen molar-refractivity contribution in [2.24, 2.45) is 41.4 Å². The molecular formula is C33H65N3. The van der Waals surface area contributed by atoms with Gasteiger partial charge >= 0.3 is 0 Å². The van der Waals surface area contributed by atoms with E-state index in [0.717, 1.165) is 41.4 Å². The minimum atomic E-state index is 0.833. The van der Waals surface area contributed by atoms with E-state index in [0.29, 0.717) is 0 Å². The summed E-state index contributed by atoms with van der Waals surface area (Å²) in [5.74, 6) is 6.37. The number of hydrogen-bond acceptors (Lipinski definition) is 3. The molecule has 0 radical (unpaired) electrons. The molecule has 3 heterocycles. The van der Waals surface area contributed by atoms with Crippen molar-refractivity contribution in [2.45, 2.75) is 94.4 Å². The second-order valence-corrected chi connectivity index (χ2v) is 12.6. The first kappa shape index (κ1) is 35.1. The van der Waals surface area contributed by atoms with E-state index in [1.54, 1.807) is 0 Å². The maximum absolute atomic E-state index is 3.42. The molecule has 3 nitrogen and oxygen atoms in total. The average Bonchev–Trinajstić information content (AvgIpc) is 3.43. The highest BCUT2D eigenvalue weighted by molar-refractivity contribution is 4.99. The Morgan fingerprint density at radius 1 is 0.444 bits per heavy atom. The zero-order valence-corrected chi connectivity index (χ0v) is 25.8. The zero-order chi connectivity index (χ0) is 27.2. The quantitative estimate of drug-likeness (QED) is 0.392. The first-order valence-electron chi connectivity index (χ1n) is 15.3. The smallest absolute Gasteiger partial charge is 0.00176 e. The Balaban J connectivity index is 0.000000436. The van der Waals surface area contributed by atoms with Crippen LogP contribution in [0.4, 0.5) is 0 Å². The summed E-state index contributed by atoms with van der Waals surface area (Å²) in [6, 6.07) is 12.0. The maximum atomic E-state index is 3.42. The lowest BCUT2D eigenvalue weighted by molar-refractivity contribution is 0.292. The molecule has 3 fully saturated rings. The first-order chi connectivity index (χ1) is 17.1. The van der Waals surface area contributed by atoms with E-state index in [1.165, 1.54) is 71.4 Å². The Bertz CT molecular complexity index is 486. The molecule has 2 atom stereocenters. The van der Waals surface area contributed by atoms with E-state index < -0.39 is 0 Å². The molecule has 0 saturated carbocycles. The van der Waals surface area contributed by atoms with Gasteiger partial charge in [-0.25, -0.2) is 0 Å². The largest absolute Gasteiger partial charge is 0.317 e. The lowest BCUT2D eigenvalue weighted by Crippen LogP contribution is -2.32. The van der Waals surface area contributed by atoms with Crippen LogP contribution in [0.15, 0.2) is 36.4 Å². The molecule has 1 aromatic carbocycles. The van der Waals surface area contributed by atoms with Crippen molar-refractivity contribution in [3.63, 3.8) is 0 Å². The van der Waals surface area contributed by atoms with E-state index in [2.05, 4.69) is 78.3 Å². The maximum Gasteiger partial charge on any atom is -0.00176 e. The van der Waals surface area contributed by atoms with E-state index in [4.69, 9.17) is 0 Å². The fourth-order valence-corrected chi connectivity index (χ4v) is 4.59. The third kappa shape index (κ3) is 21.2. The molecule has 0 aliphatic carbocycles. The summed E-state index contributed by atoms with van der Waals surface area (Å²) in [4.78, 5) is 0. The summed E-state index contributed by atoms with van der Waals surface area (Å²) < 4.78 is 0. The van der Waals surface area contributed by atoms with E-state index in [1.807, 2.05) is 36.4 Å². The molecule has 3 N–H and O–H groups in total. The predicted octanol–water partition coefficient (Wildman–Crippen LogP) is 7.88. The third-order valence-electron chi connectivity index (χ3n) is 7.31. The molecule has 3 aliphatic rings. The van der Waals surface area contributed by atoms with Crippen molar-refractivity contribution in [1.82, 2.24) is 16.0 Å². The lowest BCUT2D eigenvalue weighted by atomic mass is 9.87. The van der Waals surface area contributed by atoms with Crippen LogP contribution in [-0.4, -0.2) is 39.3 Å². The number of benzene rings is 1. The van der Waals surface area contributed by atoms with E-state index >= 15 is 0 Å². The summed E-state index contributed by atoms with van der Waals surface area (Å²) in [5, 5.41) is 10.1. The standard InChI is InChI=1S/2C8H17N.C7H15N.C6H6.C4H10/c1-7(2)8-3-5-9-6-4-8;1-7(2)8-4-3-5-9-6-8;1-6(2)7-3-4-8-5-7;1-2-4-6-5-3-1;1-4(2)3/h2*7-9H,3-6H2,1-2H3;6-8H,3-5H2,1-2H3;1-6H;4H,1-3H3. The van der Waals surface area contributed by atoms with Gasteiger partial charge in [0.25, 0.3) is 0 Å². The van der Waals surface area contributed by atoms with Crippen LogP contribution in [0.1, 0.15) is 94.4 Å². The summed E-state index contributed by atoms with van der Waals surface area (Å²) >= 11 is 0. The van der Waals surface area contributed by atoms with Gasteiger partial charge in [0.05, 0.1) is 0 Å². The normalized spacial score (nSPS) is 21.9. The molecule has 3 aliphatic heterocycles. The van der Waals surface area contributed by atoms with Crippen LogP contribution in [0.5, 0.6) is 0 Å². The van der Waals surface area contributed by atoms with Crippen molar-refractivity contribution in [2.75, 3.05) is 39.3 Å². The number of nitrogens with one attached hydrogen (secondary N) is 3. The second kappa shape index (κ2) is 23.2. The number of piperidine rings is 2. The van der Waals surface area contributed by atoms with Gasteiger partial charge in [0.1, 0.15) is 0 Å². The van der Waals surface area contributed by atoms with Gasteiger partial charge in [0.2, 0.25) is 0 Å². The molecular weight excluding hydrogens is 438 g/mol. The minimum absolute atomic E-state index is 0.833. The van der Waals surface area contributed by atoms with Crippen molar-refractivity contribution in [3.05, 3.63) is 36.4 Å². The Morgan fingerprint density at radius 2 is 0.778 bits per heavy atom. The van der Waals surface area contributed by atoms with Crippen LogP contribution >= 0.6 is 0 Å². The molecule has 0 amide bonds. The van der Waals surface area contributed by atoms with Gasteiger partial charge < -0.3 is 16.0 Å². The van der Waals surface area contributed by atoms with Gasteiger partial charge in [-0.2, -0.15) is 0 Å². The highest BCUT2D eigenvalue weighted by Gasteiger charge is 2.17. The SMILES string of the molecule is CC(C)C.CC(C)C1CCCNC1.CC(C)C1CCNC1.CC(C)C1CCNCC1.c1ccccc1. The average molecular weight is 504 g/mol. The van der Waals surface area contributed by atoms with Gasteiger partial charge in [0.15, 0.2) is 0 Å². The Kier molecular flexibility index (Phi) is 22.7. The van der Waals surface area contributed by atoms with Crippen LogP contribution in [0, 0.1) is 41.4 Å². The first-order valence-corrected chi connectivity index (χ1v) is 15.3. The summed E-state index contributed by atoms with van der Waals surface area (Å²) in [7, 11) is 0. The van der Waals surface area contributed by atoms with Crippen molar-refractivity contribution in [3.8, 4) is 0 Å². The van der Waals surface area contributed by atoms with Crippen molar-refractivity contribution < 1.29 is 0 Å². The monoisotopic (exact) mass is 504 g/mol. The molecule has 212 valence electrons. The Hall–Kier alpha value is -0.900. The summed E-state index contributed by atoms with van der Waals surface area (Å²) in [6.45, 7) is 27.9. The van der Waals surface area contributed by atoms with Crippen LogP contribution in [0.2, 0.25) is 0 Å². The highest BCUT2D eigenvalue weighted by atomic mass is 14.9. The van der Waals surface area contributed by atoms with Gasteiger partial charge in [-0.15, -0.1) is 0 Å². The van der Waals surface area contributed by atoms with Crippen molar-refractivity contribution in [1.29, 1.82) is 0 Å². The second-order valence-electron chi connectivity index (χ2n) is 12.6. The number of hydrogen-bond donors (Lipinski definition) is 3. The molecule has 0 spiro atoms. The Labute approximate surface area is 227 Å². The zero-order valence-electron chi connectivity index (χ0n) is 25.8. The van der Waals surface area contributed by atoms with E-state index in [9.17, 15) is 0 Å². The summed E-state index contributed by atoms with van der Waals surface area (Å²) in [5.41, 5.74) is 0. The fourth-order valence-electron chi connectivity index (χ4n) is 4.59. The van der Waals surface area contributed by atoms with Gasteiger partial charge in [-0.1, -0.05) is 98.7 Å². The van der Waals surface area contributed by atoms with Crippen LogP contribution in [0.3, 0.4) is 0 Å². The van der Waals surface area contributed by atoms with Gasteiger partial charge in [-0.3, -0.25) is 0 Å². The van der Waals surface area contributed by atoms with Crippen LogP contribution < -0.4 is 16.0 Å². The van der Waals surface area contributed by atoms with Crippen LogP contribution in [0.25, 0.3) is 0 Å².